The van der Waals surface area contributed by atoms with E-state index in [9.17, 15) is 9.90 Å². The van der Waals surface area contributed by atoms with Gasteiger partial charge in [0.2, 0.25) is 0 Å². The SMILES string of the molecule is Cc1[nH]c2c(-c3ccncc3)cccc2c1CC(NCCN)C(=O)O. The van der Waals surface area contributed by atoms with Crippen molar-refractivity contribution in [2.45, 2.75) is 19.4 Å². The topological polar surface area (TPSA) is 104 Å². The molecule has 130 valence electrons. The third-order valence-electron chi connectivity index (χ3n) is 4.39. The molecule has 0 amide bonds. The minimum absolute atomic E-state index is 0.404. The number of aromatic nitrogens is 2. The first-order chi connectivity index (χ1) is 12.1. The van der Waals surface area contributed by atoms with Crippen LogP contribution in [-0.4, -0.2) is 40.2 Å². The molecule has 0 aliphatic rings. The second kappa shape index (κ2) is 7.46. The number of para-hydroxylation sites is 1. The van der Waals surface area contributed by atoms with Crippen molar-refractivity contribution in [1.82, 2.24) is 15.3 Å². The Balaban J connectivity index is 2.02. The molecule has 1 atom stereocenters. The fraction of sp³-hybridized carbons (Fsp3) is 0.263. The van der Waals surface area contributed by atoms with Gasteiger partial charge in [0.1, 0.15) is 6.04 Å². The molecule has 6 heteroatoms. The Labute approximate surface area is 146 Å². The zero-order valence-electron chi connectivity index (χ0n) is 14.1. The third-order valence-corrected chi connectivity index (χ3v) is 4.39. The number of hydrogen-bond donors (Lipinski definition) is 4. The fourth-order valence-corrected chi connectivity index (χ4v) is 3.15. The zero-order chi connectivity index (χ0) is 17.8. The van der Waals surface area contributed by atoms with Crippen molar-refractivity contribution in [3.63, 3.8) is 0 Å². The second-order valence-corrected chi connectivity index (χ2v) is 6.03. The summed E-state index contributed by atoms with van der Waals surface area (Å²) >= 11 is 0. The summed E-state index contributed by atoms with van der Waals surface area (Å²) in [5.41, 5.74) is 10.7. The van der Waals surface area contributed by atoms with Crippen LogP contribution < -0.4 is 11.1 Å². The molecule has 0 aliphatic heterocycles. The number of hydrogen-bond acceptors (Lipinski definition) is 4. The largest absolute Gasteiger partial charge is 0.480 e. The van der Waals surface area contributed by atoms with Gasteiger partial charge in [-0.05, 0) is 30.2 Å². The van der Waals surface area contributed by atoms with Gasteiger partial charge in [-0.2, -0.15) is 0 Å². The summed E-state index contributed by atoms with van der Waals surface area (Å²) in [7, 11) is 0. The number of carbonyl (C=O) groups is 1. The molecular weight excluding hydrogens is 316 g/mol. The number of nitrogens with two attached hydrogens (primary N) is 1. The van der Waals surface area contributed by atoms with Crippen LogP contribution in [0.3, 0.4) is 0 Å². The number of nitrogens with zero attached hydrogens (tertiary/aromatic N) is 1. The zero-order valence-corrected chi connectivity index (χ0v) is 14.1. The van der Waals surface area contributed by atoms with Crippen LogP contribution in [0.1, 0.15) is 11.3 Å². The number of aromatic amines is 1. The van der Waals surface area contributed by atoms with Crippen LogP contribution in [0.4, 0.5) is 0 Å². The number of rotatable bonds is 7. The van der Waals surface area contributed by atoms with Crippen LogP contribution >= 0.6 is 0 Å². The number of aryl methyl sites for hydroxylation is 1. The van der Waals surface area contributed by atoms with Crippen molar-refractivity contribution in [3.05, 3.63) is 54.0 Å². The maximum atomic E-state index is 11.5. The maximum absolute atomic E-state index is 11.5. The maximum Gasteiger partial charge on any atom is 0.321 e. The van der Waals surface area contributed by atoms with Crippen molar-refractivity contribution in [2.75, 3.05) is 13.1 Å². The molecule has 25 heavy (non-hydrogen) atoms. The molecule has 1 unspecified atom stereocenters. The van der Waals surface area contributed by atoms with Crippen molar-refractivity contribution < 1.29 is 9.90 Å². The highest BCUT2D eigenvalue weighted by molar-refractivity contribution is 5.97. The molecule has 0 spiro atoms. The smallest absolute Gasteiger partial charge is 0.321 e. The van der Waals surface area contributed by atoms with Gasteiger partial charge in [0, 0.05) is 48.5 Å². The van der Waals surface area contributed by atoms with Gasteiger partial charge in [0.05, 0.1) is 5.52 Å². The van der Waals surface area contributed by atoms with Gasteiger partial charge in [-0.3, -0.25) is 9.78 Å². The summed E-state index contributed by atoms with van der Waals surface area (Å²) in [6, 6.07) is 9.35. The lowest BCUT2D eigenvalue weighted by molar-refractivity contribution is -0.139. The summed E-state index contributed by atoms with van der Waals surface area (Å²) in [5, 5.41) is 13.5. The van der Waals surface area contributed by atoms with E-state index in [1.807, 2.05) is 31.2 Å². The number of nitrogens with one attached hydrogen (secondary N) is 2. The number of benzene rings is 1. The Morgan fingerprint density at radius 3 is 2.76 bits per heavy atom. The van der Waals surface area contributed by atoms with Crippen LogP contribution in [-0.2, 0) is 11.2 Å². The average Bonchev–Trinajstić information content (AvgIpc) is 2.94. The van der Waals surface area contributed by atoms with Gasteiger partial charge >= 0.3 is 5.97 Å². The van der Waals surface area contributed by atoms with Crippen LogP contribution in [0.25, 0.3) is 22.0 Å². The van der Waals surface area contributed by atoms with Gasteiger partial charge in [0.25, 0.3) is 0 Å². The molecule has 0 bridgehead atoms. The number of aliphatic carboxylic acids is 1. The first kappa shape index (κ1) is 17.1. The van der Waals surface area contributed by atoms with Crippen LogP contribution in [0.15, 0.2) is 42.7 Å². The number of pyridine rings is 1. The molecule has 3 rings (SSSR count). The predicted octanol–water partition coefficient (Wildman–Crippen LogP) is 2.08. The highest BCUT2D eigenvalue weighted by Gasteiger charge is 2.21. The van der Waals surface area contributed by atoms with Crippen molar-refractivity contribution in [3.8, 4) is 11.1 Å². The monoisotopic (exact) mass is 338 g/mol. The Morgan fingerprint density at radius 1 is 1.32 bits per heavy atom. The Hall–Kier alpha value is -2.70. The summed E-state index contributed by atoms with van der Waals surface area (Å²) in [6.45, 7) is 2.86. The van der Waals surface area contributed by atoms with E-state index in [1.54, 1.807) is 12.4 Å². The van der Waals surface area contributed by atoms with Gasteiger partial charge < -0.3 is 21.1 Å². The van der Waals surface area contributed by atoms with Gasteiger partial charge in [-0.15, -0.1) is 0 Å². The van der Waals surface area contributed by atoms with E-state index in [0.29, 0.717) is 19.5 Å². The van der Waals surface area contributed by atoms with Crippen molar-refractivity contribution in [1.29, 1.82) is 0 Å². The Morgan fingerprint density at radius 2 is 2.08 bits per heavy atom. The fourth-order valence-electron chi connectivity index (χ4n) is 3.15. The molecule has 0 saturated carbocycles. The van der Waals surface area contributed by atoms with E-state index in [1.165, 1.54) is 0 Å². The lowest BCUT2D eigenvalue weighted by atomic mass is 9.99. The standard InChI is InChI=1S/C19H22N4O2/c1-12-16(11-17(19(24)25)22-10-7-20)15-4-2-3-14(18(15)23-12)13-5-8-21-9-6-13/h2-6,8-9,17,22-23H,7,10-11,20H2,1H3,(H,24,25). The highest BCUT2D eigenvalue weighted by Crippen LogP contribution is 2.31. The van der Waals surface area contributed by atoms with E-state index in [0.717, 1.165) is 33.3 Å². The van der Waals surface area contributed by atoms with Gasteiger partial charge in [-0.1, -0.05) is 18.2 Å². The lowest BCUT2D eigenvalue weighted by Gasteiger charge is -2.14. The molecule has 2 heterocycles. The lowest BCUT2D eigenvalue weighted by Crippen LogP contribution is -2.41. The second-order valence-electron chi connectivity index (χ2n) is 6.03. The molecular formula is C19H22N4O2. The first-order valence-electron chi connectivity index (χ1n) is 8.28. The van der Waals surface area contributed by atoms with E-state index in [2.05, 4.69) is 21.4 Å². The third kappa shape index (κ3) is 3.55. The number of carboxylic acid groups (broad SMARTS) is 1. The van der Waals surface area contributed by atoms with Gasteiger partial charge in [0.15, 0.2) is 0 Å². The molecule has 2 aromatic heterocycles. The molecule has 0 aliphatic carbocycles. The Bertz CT molecular complexity index is 874. The van der Waals surface area contributed by atoms with E-state index in [4.69, 9.17) is 5.73 Å². The quantitative estimate of drug-likeness (QED) is 0.528. The predicted molar refractivity (Wildman–Crippen MR) is 98.5 cm³/mol. The first-order valence-corrected chi connectivity index (χ1v) is 8.28. The number of H-pyrrole nitrogens is 1. The average molecular weight is 338 g/mol. The van der Waals surface area contributed by atoms with E-state index in [-0.39, 0.29) is 0 Å². The van der Waals surface area contributed by atoms with E-state index < -0.39 is 12.0 Å². The normalized spacial score (nSPS) is 12.4. The van der Waals surface area contributed by atoms with Crippen LogP contribution in [0, 0.1) is 6.92 Å². The van der Waals surface area contributed by atoms with Crippen LogP contribution in [0.5, 0.6) is 0 Å². The Kier molecular flexibility index (Phi) is 5.11. The summed E-state index contributed by atoms with van der Waals surface area (Å²) in [5.74, 6) is -0.868. The molecule has 3 aromatic rings. The number of carboxylic acids is 1. The molecule has 6 nitrogen and oxygen atoms in total. The minimum atomic E-state index is -0.868. The highest BCUT2D eigenvalue weighted by atomic mass is 16.4. The summed E-state index contributed by atoms with van der Waals surface area (Å²) < 4.78 is 0. The van der Waals surface area contributed by atoms with Crippen molar-refractivity contribution in [2.24, 2.45) is 5.73 Å². The van der Waals surface area contributed by atoms with Crippen molar-refractivity contribution >= 4 is 16.9 Å². The molecule has 0 saturated heterocycles. The molecule has 5 N–H and O–H groups in total. The van der Waals surface area contributed by atoms with E-state index >= 15 is 0 Å². The molecule has 0 radical (unpaired) electrons. The number of fused-ring (bicyclic) bond motifs is 1. The molecule has 0 fully saturated rings. The molecule has 1 aromatic carbocycles. The van der Waals surface area contributed by atoms with Gasteiger partial charge in [-0.25, -0.2) is 0 Å². The summed E-state index contributed by atoms with van der Waals surface area (Å²) in [6.07, 6.45) is 3.94. The van der Waals surface area contributed by atoms with Crippen LogP contribution in [0.2, 0.25) is 0 Å². The minimum Gasteiger partial charge on any atom is -0.480 e. The summed E-state index contributed by atoms with van der Waals surface area (Å²) in [4.78, 5) is 19.0.